The molecule has 176 valence electrons. The zero-order valence-corrected chi connectivity index (χ0v) is 18.0. The van der Waals surface area contributed by atoms with Crippen molar-refractivity contribution in [1.29, 1.82) is 0 Å². The summed E-state index contributed by atoms with van der Waals surface area (Å²) in [6, 6.07) is 20.5. The van der Waals surface area contributed by atoms with Crippen molar-refractivity contribution < 1.29 is 32.6 Å². The molecule has 1 aliphatic carbocycles. The Morgan fingerprint density at radius 1 is 0.912 bits per heavy atom. The first-order valence-electron chi connectivity index (χ1n) is 10.7. The van der Waals surface area contributed by atoms with Crippen LogP contribution in [0.2, 0.25) is 0 Å². The minimum atomic E-state index is -4.60. The van der Waals surface area contributed by atoms with Crippen LogP contribution in [0.25, 0.3) is 11.1 Å². The van der Waals surface area contributed by atoms with Crippen LogP contribution in [0.5, 0.6) is 0 Å². The van der Waals surface area contributed by atoms with Crippen molar-refractivity contribution in [3.63, 3.8) is 0 Å². The quantitative estimate of drug-likeness (QED) is 0.480. The van der Waals surface area contributed by atoms with Gasteiger partial charge in [-0.05, 0) is 40.3 Å². The molecule has 4 rings (SSSR count). The Morgan fingerprint density at radius 3 is 2.06 bits per heavy atom. The predicted molar refractivity (Wildman–Crippen MR) is 119 cm³/mol. The van der Waals surface area contributed by atoms with Crippen LogP contribution in [-0.4, -0.2) is 30.3 Å². The minimum absolute atomic E-state index is 0.0501. The number of nitrogens with one attached hydrogen (secondary N) is 1. The van der Waals surface area contributed by atoms with E-state index in [1.165, 1.54) is 18.2 Å². The van der Waals surface area contributed by atoms with Crippen LogP contribution in [0.3, 0.4) is 0 Å². The lowest BCUT2D eigenvalue weighted by Gasteiger charge is -2.18. The van der Waals surface area contributed by atoms with E-state index in [0.717, 1.165) is 28.3 Å². The number of alkyl carbamates (subject to hydrolysis) is 1. The van der Waals surface area contributed by atoms with E-state index < -0.39 is 29.7 Å². The van der Waals surface area contributed by atoms with E-state index >= 15 is 0 Å². The summed E-state index contributed by atoms with van der Waals surface area (Å²) in [6.07, 6.45) is -5.80. The van der Waals surface area contributed by atoms with Gasteiger partial charge in [-0.25, -0.2) is 4.79 Å². The van der Waals surface area contributed by atoms with E-state index in [-0.39, 0.29) is 31.1 Å². The standard InChI is InChI=1S/C26H22F3NO4/c27-26(28,29)23-12-6-1-7-16(23)13-17(24(31)32)14-30-25(33)34-15-22-20-10-4-2-8-18(20)19-9-3-5-11-21(19)22/h1-12,17,22H,13-15H2,(H,30,33)(H,31,32). The summed E-state index contributed by atoms with van der Waals surface area (Å²) in [5.41, 5.74) is 3.18. The van der Waals surface area contributed by atoms with Gasteiger partial charge in [0.1, 0.15) is 6.61 Å². The molecule has 1 unspecified atom stereocenters. The topological polar surface area (TPSA) is 75.6 Å². The second-order valence-corrected chi connectivity index (χ2v) is 8.10. The SMILES string of the molecule is O=C(NCC(Cc1ccccc1C(F)(F)F)C(=O)O)OCC1c2ccccc2-c2ccccc21. The fraction of sp³-hybridized carbons (Fsp3) is 0.231. The van der Waals surface area contributed by atoms with Crippen molar-refractivity contribution in [3.05, 3.63) is 95.1 Å². The number of hydrogen-bond acceptors (Lipinski definition) is 3. The Hall–Kier alpha value is -3.81. The number of halogens is 3. The van der Waals surface area contributed by atoms with Crippen LogP contribution in [0.1, 0.15) is 28.2 Å². The first-order chi connectivity index (χ1) is 16.3. The zero-order chi connectivity index (χ0) is 24.3. The third-order valence-electron chi connectivity index (χ3n) is 5.97. The Morgan fingerprint density at radius 2 is 1.47 bits per heavy atom. The molecule has 0 bridgehead atoms. The molecule has 3 aromatic rings. The lowest BCUT2D eigenvalue weighted by molar-refractivity contribution is -0.143. The maximum Gasteiger partial charge on any atom is 0.416 e. The van der Waals surface area contributed by atoms with Crippen LogP contribution in [-0.2, 0) is 22.1 Å². The van der Waals surface area contributed by atoms with Gasteiger partial charge in [0, 0.05) is 12.5 Å². The smallest absolute Gasteiger partial charge is 0.416 e. The highest BCUT2D eigenvalue weighted by Gasteiger charge is 2.34. The van der Waals surface area contributed by atoms with Crippen molar-refractivity contribution in [2.45, 2.75) is 18.5 Å². The molecule has 1 amide bonds. The van der Waals surface area contributed by atoms with Crippen LogP contribution in [0.15, 0.2) is 72.8 Å². The molecule has 0 heterocycles. The van der Waals surface area contributed by atoms with E-state index in [1.807, 2.05) is 48.5 Å². The van der Waals surface area contributed by atoms with Gasteiger partial charge in [-0.3, -0.25) is 4.79 Å². The molecule has 34 heavy (non-hydrogen) atoms. The van der Waals surface area contributed by atoms with Gasteiger partial charge >= 0.3 is 18.2 Å². The molecule has 0 saturated carbocycles. The summed E-state index contributed by atoms with van der Waals surface area (Å²) in [4.78, 5) is 24.0. The number of carboxylic acid groups (broad SMARTS) is 1. The van der Waals surface area contributed by atoms with Gasteiger partial charge in [0.2, 0.25) is 0 Å². The van der Waals surface area contributed by atoms with Crippen LogP contribution in [0.4, 0.5) is 18.0 Å². The van der Waals surface area contributed by atoms with Crippen LogP contribution >= 0.6 is 0 Å². The highest BCUT2D eigenvalue weighted by molar-refractivity contribution is 5.79. The maximum atomic E-state index is 13.2. The molecule has 5 nitrogen and oxygen atoms in total. The Labute approximate surface area is 194 Å². The summed E-state index contributed by atoms with van der Waals surface area (Å²) < 4.78 is 45.1. The molecule has 8 heteroatoms. The van der Waals surface area contributed by atoms with Gasteiger partial charge in [0.25, 0.3) is 0 Å². The number of carbonyl (C=O) groups excluding carboxylic acids is 1. The van der Waals surface area contributed by atoms with Crippen molar-refractivity contribution in [2.24, 2.45) is 5.92 Å². The average molecular weight is 469 g/mol. The first kappa shape index (κ1) is 23.4. The molecular weight excluding hydrogens is 447 g/mol. The number of carboxylic acids is 1. The average Bonchev–Trinajstić information content (AvgIpc) is 3.13. The molecule has 0 fully saturated rings. The van der Waals surface area contributed by atoms with Gasteiger partial charge in [-0.1, -0.05) is 66.7 Å². The third-order valence-corrected chi connectivity index (χ3v) is 5.97. The Kier molecular flexibility index (Phi) is 6.58. The number of ether oxygens (including phenoxy) is 1. The molecule has 3 aromatic carbocycles. The van der Waals surface area contributed by atoms with E-state index in [2.05, 4.69) is 5.32 Å². The number of hydrogen-bond donors (Lipinski definition) is 2. The van der Waals surface area contributed by atoms with Crippen molar-refractivity contribution >= 4 is 12.1 Å². The fourth-order valence-electron chi connectivity index (χ4n) is 4.34. The van der Waals surface area contributed by atoms with Crippen molar-refractivity contribution in [2.75, 3.05) is 13.2 Å². The van der Waals surface area contributed by atoms with Crippen molar-refractivity contribution in [1.82, 2.24) is 5.32 Å². The lowest BCUT2D eigenvalue weighted by Crippen LogP contribution is -2.35. The molecule has 0 saturated heterocycles. The highest BCUT2D eigenvalue weighted by Crippen LogP contribution is 2.44. The van der Waals surface area contributed by atoms with Gasteiger partial charge in [-0.15, -0.1) is 0 Å². The van der Waals surface area contributed by atoms with E-state index in [9.17, 15) is 27.9 Å². The largest absolute Gasteiger partial charge is 0.481 e. The third kappa shape index (κ3) is 4.90. The maximum absolute atomic E-state index is 13.2. The summed E-state index contributed by atoms with van der Waals surface area (Å²) in [5.74, 6) is -2.72. The van der Waals surface area contributed by atoms with Crippen LogP contribution < -0.4 is 5.32 Å². The molecule has 0 radical (unpaired) electrons. The lowest BCUT2D eigenvalue weighted by atomic mass is 9.95. The van der Waals surface area contributed by atoms with Gasteiger partial charge in [0.15, 0.2) is 0 Å². The fourth-order valence-corrected chi connectivity index (χ4v) is 4.34. The second-order valence-electron chi connectivity index (χ2n) is 8.10. The molecule has 1 aliphatic rings. The van der Waals surface area contributed by atoms with Crippen molar-refractivity contribution in [3.8, 4) is 11.1 Å². The normalized spacial score (nSPS) is 13.6. The molecule has 1 atom stereocenters. The summed E-state index contributed by atoms with van der Waals surface area (Å²) in [6.45, 7) is -0.313. The number of fused-ring (bicyclic) bond motifs is 3. The molecule has 0 aliphatic heterocycles. The van der Waals surface area contributed by atoms with Gasteiger partial charge in [0.05, 0.1) is 11.5 Å². The predicted octanol–water partition coefficient (Wildman–Crippen LogP) is 5.49. The summed E-state index contributed by atoms with van der Waals surface area (Å²) in [7, 11) is 0. The molecule has 2 N–H and O–H groups in total. The zero-order valence-electron chi connectivity index (χ0n) is 18.0. The number of amides is 1. The Balaban J connectivity index is 1.39. The van der Waals surface area contributed by atoms with Gasteiger partial charge in [-0.2, -0.15) is 13.2 Å². The van der Waals surface area contributed by atoms with Crippen LogP contribution in [0, 0.1) is 5.92 Å². The second kappa shape index (κ2) is 9.59. The molecule has 0 spiro atoms. The number of rotatable bonds is 7. The number of benzene rings is 3. The van der Waals surface area contributed by atoms with E-state index in [1.54, 1.807) is 0 Å². The van der Waals surface area contributed by atoms with Gasteiger partial charge < -0.3 is 15.2 Å². The van der Waals surface area contributed by atoms with E-state index in [0.29, 0.717) is 0 Å². The number of alkyl halides is 3. The summed E-state index contributed by atoms with van der Waals surface area (Å²) in [5, 5.41) is 11.9. The first-order valence-corrected chi connectivity index (χ1v) is 10.7. The molecular formula is C26H22F3NO4. The Bertz CT molecular complexity index is 1160. The van der Waals surface area contributed by atoms with E-state index in [4.69, 9.17) is 4.74 Å². The highest BCUT2D eigenvalue weighted by atomic mass is 19.4. The number of carbonyl (C=O) groups is 2. The minimum Gasteiger partial charge on any atom is -0.481 e. The number of aliphatic carboxylic acids is 1. The monoisotopic (exact) mass is 469 g/mol. The summed E-state index contributed by atoms with van der Waals surface area (Å²) >= 11 is 0. The molecule has 0 aromatic heterocycles.